The van der Waals surface area contributed by atoms with Crippen LogP contribution in [0, 0.1) is 12.1 Å². The van der Waals surface area contributed by atoms with Gasteiger partial charge < -0.3 is 10.1 Å². The Balaban J connectivity index is 1.57. The van der Waals surface area contributed by atoms with Crippen molar-refractivity contribution in [2.75, 3.05) is 13.1 Å². The number of piperidine rings is 1. The quantitative estimate of drug-likeness (QED) is 0.701. The number of benzene rings is 1. The summed E-state index contributed by atoms with van der Waals surface area (Å²) in [6.07, 6.45) is 9.01. The number of aromatic nitrogens is 3. The third-order valence-electron chi connectivity index (χ3n) is 5.21. The highest BCUT2D eigenvalue weighted by Gasteiger charge is 2.30. The predicted octanol–water partition coefficient (Wildman–Crippen LogP) is 4.21. The Morgan fingerprint density at radius 1 is 1.07 bits per heavy atom. The zero-order valence-corrected chi connectivity index (χ0v) is 16.1. The average molecular weight is 395 g/mol. The maximum absolute atomic E-state index is 13.4. The molecule has 1 saturated carbocycles. The van der Waals surface area contributed by atoms with Gasteiger partial charge in [-0.05, 0) is 69.0 Å². The van der Waals surface area contributed by atoms with Gasteiger partial charge in [0.2, 0.25) is 0 Å². The van der Waals surface area contributed by atoms with Crippen LogP contribution in [-0.2, 0) is 0 Å². The highest BCUT2D eigenvalue weighted by atomic mass is 32.1. The fraction of sp³-hybridized carbons (Fsp3) is 0.381. The third kappa shape index (κ3) is 3.64. The maximum Gasteiger partial charge on any atom is 0.274 e. The van der Waals surface area contributed by atoms with Crippen molar-refractivity contribution >= 4 is 11.3 Å². The van der Waals surface area contributed by atoms with Crippen molar-refractivity contribution in [2.24, 2.45) is 0 Å². The predicted molar refractivity (Wildman–Crippen MR) is 106 cm³/mol. The van der Waals surface area contributed by atoms with Gasteiger partial charge in [0.15, 0.2) is 6.33 Å². The molecule has 1 aliphatic carbocycles. The second kappa shape index (κ2) is 7.56. The fourth-order valence-corrected chi connectivity index (χ4v) is 4.56. The Morgan fingerprint density at radius 2 is 1.86 bits per heavy atom. The number of nitrogens with zero attached hydrogens (tertiary/aromatic N) is 3. The molecule has 3 aromatic rings. The SMILES string of the molecule is Fc1ccc(-c2nc(OC3CCNCC3)sc2-c2n[c]ncc2C2CC2)cc1. The molecule has 0 atom stereocenters. The number of nitrogens with one attached hydrogen (secondary N) is 1. The fourth-order valence-electron chi connectivity index (χ4n) is 3.55. The molecule has 2 fully saturated rings. The van der Waals surface area contributed by atoms with E-state index < -0.39 is 0 Å². The van der Waals surface area contributed by atoms with E-state index in [0.29, 0.717) is 11.1 Å². The van der Waals surface area contributed by atoms with Crippen molar-refractivity contribution in [1.29, 1.82) is 0 Å². The number of rotatable bonds is 5. The number of halogens is 1. The van der Waals surface area contributed by atoms with Crippen LogP contribution in [0.4, 0.5) is 4.39 Å². The summed E-state index contributed by atoms with van der Waals surface area (Å²) in [5, 5.41) is 3.99. The smallest absolute Gasteiger partial charge is 0.274 e. The summed E-state index contributed by atoms with van der Waals surface area (Å²) >= 11 is 1.51. The Morgan fingerprint density at radius 3 is 2.61 bits per heavy atom. The van der Waals surface area contributed by atoms with Crippen LogP contribution in [0.1, 0.15) is 37.2 Å². The molecular weight excluding hydrogens is 375 g/mol. The van der Waals surface area contributed by atoms with Crippen LogP contribution in [0.3, 0.4) is 0 Å². The van der Waals surface area contributed by atoms with Gasteiger partial charge in [-0.3, -0.25) is 0 Å². The van der Waals surface area contributed by atoms with Crippen LogP contribution in [0.15, 0.2) is 30.5 Å². The molecule has 1 radical (unpaired) electrons. The summed E-state index contributed by atoms with van der Waals surface area (Å²) in [4.78, 5) is 14.3. The van der Waals surface area contributed by atoms with Crippen LogP contribution in [0.25, 0.3) is 21.8 Å². The first-order valence-corrected chi connectivity index (χ1v) is 10.5. The zero-order valence-electron chi connectivity index (χ0n) is 15.3. The minimum Gasteiger partial charge on any atom is -0.467 e. The Labute approximate surface area is 167 Å². The molecular formula is C21H20FN4OS. The monoisotopic (exact) mass is 395 g/mol. The van der Waals surface area contributed by atoms with Crippen molar-refractivity contribution < 1.29 is 9.13 Å². The van der Waals surface area contributed by atoms with Gasteiger partial charge in [0, 0.05) is 17.3 Å². The Bertz CT molecular complexity index is 965. The first-order valence-electron chi connectivity index (χ1n) is 9.65. The van der Waals surface area contributed by atoms with Gasteiger partial charge in [0.25, 0.3) is 5.19 Å². The number of hydrogen-bond acceptors (Lipinski definition) is 6. The van der Waals surface area contributed by atoms with Gasteiger partial charge in [0.05, 0.1) is 16.3 Å². The van der Waals surface area contributed by atoms with Crippen LogP contribution < -0.4 is 10.1 Å². The summed E-state index contributed by atoms with van der Waals surface area (Å²) in [6.45, 7) is 1.92. The molecule has 7 heteroatoms. The number of thiazole rings is 1. The van der Waals surface area contributed by atoms with Gasteiger partial charge in [-0.1, -0.05) is 11.3 Å². The minimum absolute atomic E-state index is 0.168. The Hall–Kier alpha value is -2.38. The van der Waals surface area contributed by atoms with Crippen LogP contribution >= 0.6 is 11.3 Å². The standard InChI is InChI=1S/C21H20FN4OS/c22-15-5-3-14(4-6-15)18-20(19-17(13-1-2-13)11-24-12-25-19)28-21(26-18)27-16-7-9-23-10-8-16/h3-6,11,13,16,23H,1-2,7-10H2. The number of hydrogen-bond donors (Lipinski definition) is 1. The molecule has 5 nitrogen and oxygen atoms in total. The normalized spacial score (nSPS) is 17.6. The molecule has 1 N–H and O–H groups in total. The van der Waals surface area contributed by atoms with E-state index >= 15 is 0 Å². The highest BCUT2D eigenvalue weighted by molar-refractivity contribution is 7.17. The summed E-state index contributed by atoms with van der Waals surface area (Å²) < 4.78 is 19.6. The van der Waals surface area contributed by atoms with Crippen molar-refractivity contribution in [3.05, 3.63) is 48.2 Å². The number of ether oxygens (including phenoxy) is 1. The molecule has 2 aromatic heterocycles. The Kier molecular flexibility index (Phi) is 4.78. The second-order valence-corrected chi connectivity index (χ2v) is 8.24. The van der Waals surface area contributed by atoms with Crippen LogP contribution in [-0.4, -0.2) is 34.1 Å². The maximum atomic E-state index is 13.4. The molecule has 143 valence electrons. The lowest BCUT2D eigenvalue weighted by atomic mass is 10.1. The first-order chi connectivity index (χ1) is 13.8. The first kappa shape index (κ1) is 17.7. The van der Waals surface area contributed by atoms with Crippen LogP contribution in [0.2, 0.25) is 0 Å². The molecule has 1 aliphatic heterocycles. The molecule has 3 heterocycles. The van der Waals surface area contributed by atoms with E-state index in [-0.39, 0.29) is 11.9 Å². The van der Waals surface area contributed by atoms with E-state index in [0.717, 1.165) is 66.2 Å². The lowest BCUT2D eigenvalue weighted by Gasteiger charge is -2.22. The summed E-state index contributed by atoms with van der Waals surface area (Å²) in [6, 6.07) is 6.42. The largest absolute Gasteiger partial charge is 0.467 e. The molecule has 0 unspecified atom stereocenters. The van der Waals surface area contributed by atoms with Crippen molar-refractivity contribution in [2.45, 2.75) is 37.7 Å². The van der Waals surface area contributed by atoms with Gasteiger partial charge in [-0.15, -0.1) is 0 Å². The van der Waals surface area contributed by atoms with E-state index in [1.54, 1.807) is 12.1 Å². The highest BCUT2D eigenvalue weighted by Crippen LogP contribution is 2.47. The van der Waals surface area contributed by atoms with E-state index in [9.17, 15) is 4.39 Å². The van der Waals surface area contributed by atoms with Gasteiger partial charge in [0.1, 0.15) is 11.9 Å². The van der Waals surface area contributed by atoms with Gasteiger partial charge >= 0.3 is 0 Å². The third-order valence-corrected chi connectivity index (χ3v) is 6.16. The van der Waals surface area contributed by atoms with Gasteiger partial charge in [-0.25, -0.2) is 19.3 Å². The molecule has 28 heavy (non-hydrogen) atoms. The molecule has 0 spiro atoms. The van der Waals surface area contributed by atoms with E-state index in [2.05, 4.69) is 21.6 Å². The van der Waals surface area contributed by atoms with Crippen LogP contribution in [0.5, 0.6) is 5.19 Å². The molecule has 1 aromatic carbocycles. The minimum atomic E-state index is -0.263. The molecule has 5 rings (SSSR count). The lowest BCUT2D eigenvalue weighted by Crippen LogP contribution is -2.34. The van der Waals surface area contributed by atoms with Gasteiger partial charge in [-0.2, -0.15) is 0 Å². The van der Waals surface area contributed by atoms with E-state index in [1.807, 2.05) is 6.20 Å². The summed E-state index contributed by atoms with van der Waals surface area (Å²) in [5.74, 6) is 0.238. The summed E-state index contributed by atoms with van der Waals surface area (Å²) in [5.41, 5.74) is 3.64. The zero-order chi connectivity index (χ0) is 18.9. The molecule has 2 aliphatic rings. The lowest BCUT2D eigenvalue weighted by molar-refractivity contribution is 0.162. The molecule has 0 bridgehead atoms. The van der Waals surface area contributed by atoms with Crippen molar-refractivity contribution in [3.8, 4) is 27.0 Å². The molecule has 0 amide bonds. The average Bonchev–Trinajstić information content (AvgIpc) is 3.50. The van der Waals surface area contributed by atoms with Crippen molar-refractivity contribution in [1.82, 2.24) is 20.3 Å². The topological polar surface area (TPSA) is 59.9 Å². The van der Waals surface area contributed by atoms with E-state index in [4.69, 9.17) is 9.72 Å². The second-order valence-electron chi connectivity index (χ2n) is 7.28. The van der Waals surface area contributed by atoms with E-state index in [1.165, 1.54) is 23.5 Å². The van der Waals surface area contributed by atoms with Crippen molar-refractivity contribution in [3.63, 3.8) is 0 Å². The molecule has 1 saturated heterocycles. The summed E-state index contributed by atoms with van der Waals surface area (Å²) in [7, 11) is 0.